The Morgan fingerprint density at radius 2 is 1.61 bits per heavy atom. The maximum Gasteiger partial charge on any atom is 0.259 e. The van der Waals surface area contributed by atoms with Gasteiger partial charge in [0, 0.05) is 23.5 Å². The van der Waals surface area contributed by atoms with E-state index in [4.69, 9.17) is 15.2 Å². The zero-order valence-corrected chi connectivity index (χ0v) is 17.1. The number of rotatable bonds is 6. The normalized spacial score (nSPS) is 10.6. The van der Waals surface area contributed by atoms with E-state index in [2.05, 4.69) is 5.32 Å². The second-order valence-corrected chi connectivity index (χ2v) is 6.81. The molecule has 0 aliphatic carbocycles. The van der Waals surface area contributed by atoms with E-state index >= 15 is 0 Å². The summed E-state index contributed by atoms with van der Waals surface area (Å²) in [5.74, 6) is 0.338. The van der Waals surface area contributed by atoms with Crippen LogP contribution in [0.25, 0.3) is 5.52 Å². The van der Waals surface area contributed by atoms with Crippen LogP contribution < -0.4 is 20.5 Å². The number of methoxy groups -OCH3 is 2. The van der Waals surface area contributed by atoms with Crippen molar-refractivity contribution in [1.82, 2.24) is 4.40 Å². The standard InChI is InChI=1S/C24H21N3O4/c1-30-18-12-11-16(14-19(18)31-2)26-24(29)20-17-10-6-7-13-27(17)22(21(20)25)23(28)15-8-4-3-5-9-15/h3-14H,25H2,1-2H3,(H,26,29). The van der Waals surface area contributed by atoms with Crippen LogP contribution in [0.4, 0.5) is 11.4 Å². The van der Waals surface area contributed by atoms with Crippen LogP contribution in [-0.2, 0) is 0 Å². The van der Waals surface area contributed by atoms with Crippen LogP contribution in [0.2, 0.25) is 0 Å². The van der Waals surface area contributed by atoms with Crippen LogP contribution in [0, 0.1) is 0 Å². The lowest BCUT2D eigenvalue weighted by atomic mass is 10.1. The maximum absolute atomic E-state index is 13.2. The summed E-state index contributed by atoms with van der Waals surface area (Å²) in [6.07, 6.45) is 1.72. The van der Waals surface area contributed by atoms with Crippen molar-refractivity contribution in [2.24, 2.45) is 0 Å². The van der Waals surface area contributed by atoms with Gasteiger partial charge in [0.25, 0.3) is 5.91 Å². The molecule has 0 unspecified atom stereocenters. The van der Waals surface area contributed by atoms with E-state index in [0.717, 1.165) is 0 Å². The third kappa shape index (κ3) is 3.57. The molecule has 2 aromatic heterocycles. The number of carbonyl (C=O) groups is 2. The Balaban J connectivity index is 1.77. The molecule has 0 spiro atoms. The monoisotopic (exact) mass is 415 g/mol. The lowest BCUT2D eigenvalue weighted by Gasteiger charge is -2.10. The average Bonchev–Trinajstić information content (AvgIpc) is 3.10. The molecule has 2 heterocycles. The summed E-state index contributed by atoms with van der Waals surface area (Å²) in [4.78, 5) is 26.4. The molecule has 0 fully saturated rings. The number of benzene rings is 2. The second-order valence-electron chi connectivity index (χ2n) is 6.81. The number of nitrogen functional groups attached to an aromatic ring is 1. The van der Waals surface area contributed by atoms with Gasteiger partial charge in [-0.25, -0.2) is 0 Å². The zero-order valence-electron chi connectivity index (χ0n) is 17.1. The van der Waals surface area contributed by atoms with Crippen LogP contribution in [0.5, 0.6) is 11.5 Å². The van der Waals surface area contributed by atoms with Gasteiger partial charge in [-0.2, -0.15) is 0 Å². The fraction of sp³-hybridized carbons (Fsp3) is 0.0833. The van der Waals surface area contributed by atoms with E-state index in [-0.39, 0.29) is 22.7 Å². The maximum atomic E-state index is 13.2. The fourth-order valence-electron chi connectivity index (χ4n) is 3.53. The lowest BCUT2D eigenvalue weighted by molar-refractivity contribution is 0.102. The number of fused-ring (bicyclic) bond motifs is 1. The van der Waals surface area contributed by atoms with Crippen LogP contribution >= 0.6 is 0 Å². The number of amides is 1. The Kier molecular flexibility index (Phi) is 5.32. The van der Waals surface area contributed by atoms with Gasteiger partial charge in [-0.1, -0.05) is 36.4 Å². The molecule has 3 N–H and O–H groups in total. The number of nitrogens with one attached hydrogen (secondary N) is 1. The summed E-state index contributed by atoms with van der Waals surface area (Å²) in [6.45, 7) is 0. The molecule has 0 atom stereocenters. The zero-order chi connectivity index (χ0) is 22.0. The van der Waals surface area contributed by atoms with Gasteiger partial charge in [-0.05, 0) is 24.3 Å². The molecule has 0 radical (unpaired) electrons. The highest BCUT2D eigenvalue weighted by molar-refractivity contribution is 6.20. The Morgan fingerprint density at radius 1 is 0.903 bits per heavy atom. The highest BCUT2D eigenvalue weighted by atomic mass is 16.5. The topological polar surface area (TPSA) is 95.1 Å². The Morgan fingerprint density at radius 3 is 2.32 bits per heavy atom. The highest BCUT2D eigenvalue weighted by Crippen LogP contribution is 2.32. The van der Waals surface area contributed by atoms with Gasteiger partial charge in [-0.3, -0.25) is 9.59 Å². The van der Waals surface area contributed by atoms with Crippen molar-refractivity contribution in [3.8, 4) is 11.5 Å². The van der Waals surface area contributed by atoms with Gasteiger partial charge in [0.2, 0.25) is 5.78 Å². The molecule has 2 aromatic carbocycles. The van der Waals surface area contributed by atoms with Gasteiger partial charge in [0.05, 0.1) is 31.0 Å². The first-order valence-electron chi connectivity index (χ1n) is 9.56. The van der Waals surface area contributed by atoms with E-state index < -0.39 is 5.91 Å². The Hall–Kier alpha value is -4.26. The highest BCUT2D eigenvalue weighted by Gasteiger charge is 2.26. The Labute approximate surface area is 179 Å². The van der Waals surface area contributed by atoms with E-state index in [9.17, 15) is 9.59 Å². The van der Waals surface area contributed by atoms with Crippen LogP contribution in [0.15, 0.2) is 72.9 Å². The van der Waals surface area contributed by atoms with Gasteiger partial charge in [0.15, 0.2) is 11.5 Å². The SMILES string of the molecule is COc1ccc(NC(=O)c2c(N)c(C(=O)c3ccccc3)n3ccccc23)cc1OC. The van der Waals surface area contributed by atoms with Crippen molar-refractivity contribution in [3.05, 3.63) is 89.7 Å². The number of anilines is 2. The molecule has 7 heteroatoms. The minimum atomic E-state index is -0.430. The first-order chi connectivity index (χ1) is 15.0. The first kappa shape index (κ1) is 20.0. The number of aromatic nitrogens is 1. The van der Waals surface area contributed by atoms with Crippen molar-refractivity contribution < 1.29 is 19.1 Å². The molecular weight excluding hydrogens is 394 g/mol. The van der Waals surface area contributed by atoms with Gasteiger partial charge < -0.3 is 24.9 Å². The summed E-state index contributed by atoms with van der Waals surface area (Å²) in [7, 11) is 3.06. The number of ketones is 1. The van der Waals surface area contributed by atoms with Gasteiger partial charge >= 0.3 is 0 Å². The number of nitrogens with two attached hydrogens (primary N) is 1. The fourth-order valence-corrected chi connectivity index (χ4v) is 3.53. The molecule has 0 bridgehead atoms. The summed E-state index contributed by atoms with van der Waals surface area (Å²) in [5, 5.41) is 2.83. The predicted molar refractivity (Wildman–Crippen MR) is 119 cm³/mol. The molecule has 0 saturated heterocycles. The molecule has 7 nitrogen and oxygen atoms in total. The van der Waals surface area contributed by atoms with E-state index in [1.165, 1.54) is 14.2 Å². The van der Waals surface area contributed by atoms with E-state index in [0.29, 0.717) is 28.3 Å². The molecular formula is C24H21N3O4. The average molecular weight is 415 g/mol. The smallest absolute Gasteiger partial charge is 0.259 e. The third-order valence-electron chi connectivity index (χ3n) is 5.00. The second kappa shape index (κ2) is 8.23. The Bertz CT molecular complexity index is 1280. The van der Waals surface area contributed by atoms with Crippen molar-refractivity contribution in [1.29, 1.82) is 0 Å². The van der Waals surface area contributed by atoms with Crippen LogP contribution in [-0.4, -0.2) is 30.3 Å². The van der Waals surface area contributed by atoms with Gasteiger partial charge in [0.1, 0.15) is 5.69 Å². The van der Waals surface area contributed by atoms with Crippen LogP contribution in [0.1, 0.15) is 26.4 Å². The number of hydrogen-bond acceptors (Lipinski definition) is 5. The van der Waals surface area contributed by atoms with E-state index in [1.54, 1.807) is 71.3 Å². The number of ether oxygens (including phenoxy) is 2. The van der Waals surface area contributed by atoms with Crippen molar-refractivity contribution in [2.45, 2.75) is 0 Å². The largest absolute Gasteiger partial charge is 0.493 e. The molecule has 0 saturated carbocycles. The lowest BCUT2D eigenvalue weighted by Crippen LogP contribution is -2.14. The van der Waals surface area contributed by atoms with Gasteiger partial charge in [-0.15, -0.1) is 0 Å². The molecule has 31 heavy (non-hydrogen) atoms. The molecule has 0 aliphatic heterocycles. The molecule has 4 rings (SSSR count). The van der Waals surface area contributed by atoms with E-state index in [1.807, 2.05) is 6.07 Å². The number of hydrogen-bond donors (Lipinski definition) is 2. The number of nitrogens with zero attached hydrogens (tertiary/aromatic N) is 1. The van der Waals surface area contributed by atoms with Crippen molar-refractivity contribution in [2.75, 3.05) is 25.3 Å². The minimum absolute atomic E-state index is 0.123. The quantitative estimate of drug-likeness (QED) is 0.464. The molecule has 156 valence electrons. The van der Waals surface area contributed by atoms with Crippen LogP contribution in [0.3, 0.4) is 0 Å². The number of carbonyl (C=O) groups excluding carboxylic acids is 2. The number of pyridine rings is 1. The third-order valence-corrected chi connectivity index (χ3v) is 5.00. The first-order valence-corrected chi connectivity index (χ1v) is 9.56. The molecule has 4 aromatic rings. The molecule has 1 amide bonds. The minimum Gasteiger partial charge on any atom is -0.493 e. The summed E-state index contributed by atoms with van der Waals surface area (Å²) in [5.41, 5.74) is 8.50. The summed E-state index contributed by atoms with van der Waals surface area (Å²) >= 11 is 0. The predicted octanol–water partition coefficient (Wildman–Crippen LogP) is 4.02. The summed E-state index contributed by atoms with van der Waals surface area (Å²) in [6, 6.07) is 19.2. The molecule has 0 aliphatic rings. The summed E-state index contributed by atoms with van der Waals surface area (Å²) < 4.78 is 12.2. The van der Waals surface area contributed by atoms with Crippen molar-refractivity contribution >= 4 is 28.6 Å². The van der Waals surface area contributed by atoms with Crippen molar-refractivity contribution in [3.63, 3.8) is 0 Å².